The van der Waals surface area contributed by atoms with E-state index in [2.05, 4.69) is 5.32 Å². The topological polar surface area (TPSA) is 92.5 Å². The van der Waals surface area contributed by atoms with Crippen molar-refractivity contribution in [3.05, 3.63) is 29.3 Å². The first-order valence-corrected chi connectivity index (χ1v) is 7.95. The number of benzene rings is 1. The molecular weight excluding hydrogens is 278 g/mol. The average Bonchev–Trinajstić information content (AvgIpc) is 2.63. The van der Waals surface area contributed by atoms with Crippen LogP contribution in [0, 0.1) is 6.92 Å². The minimum atomic E-state index is -3.56. The van der Waals surface area contributed by atoms with Gasteiger partial charge in [0.2, 0.25) is 15.9 Å². The number of hydrogen-bond acceptors (Lipinski definition) is 4. The van der Waals surface area contributed by atoms with Crippen molar-refractivity contribution in [2.75, 3.05) is 19.6 Å². The fraction of sp³-hybridized carbons (Fsp3) is 0.462. The van der Waals surface area contributed by atoms with Gasteiger partial charge in [-0.2, -0.15) is 4.31 Å². The monoisotopic (exact) mass is 297 g/mol. The molecule has 0 saturated carbocycles. The first kappa shape index (κ1) is 15.0. The van der Waals surface area contributed by atoms with Crippen molar-refractivity contribution < 1.29 is 13.2 Å². The van der Waals surface area contributed by atoms with Gasteiger partial charge in [0.1, 0.15) is 0 Å². The van der Waals surface area contributed by atoms with E-state index in [1.54, 1.807) is 18.2 Å². The normalized spacial score (nSPS) is 17.6. The van der Waals surface area contributed by atoms with Gasteiger partial charge < -0.3 is 11.1 Å². The van der Waals surface area contributed by atoms with Gasteiger partial charge in [0.05, 0.1) is 4.90 Å². The van der Waals surface area contributed by atoms with Crippen LogP contribution in [-0.4, -0.2) is 38.3 Å². The van der Waals surface area contributed by atoms with Gasteiger partial charge in [0.25, 0.3) is 0 Å². The largest absolute Gasteiger partial charge is 0.355 e. The number of aryl methyl sites for hydroxylation is 1. The summed E-state index contributed by atoms with van der Waals surface area (Å²) in [5, 5.41) is 2.67. The lowest BCUT2D eigenvalue weighted by Gasteiger charge is -2.19. The van der Waals surface area contributed by atoms with Crippen molar-refractivity contribution in [2.24, 2.45) is 5.73 Å². The first-order chi connectivity index (χ1) is 9.45. The molecule has 0 atom stereocenters. The van der Waals surface area contributed by atoms with Crippen molar-refractivity contribution in [1.82, 2.24) is 9.62 Å². The van der Waals surface area contributed by atoms with E-state index in [-0.39, 0.29) is 23.8 Å². The van der Waals surface area contributed by atoms with E-state index in [1.807, 2.05) is 6.92 Å². The molecule has 2 rings (SSSR count). The number of amides is 1. The van der Waals surface area contributed by atoms with E-state index in [9.17, 15) is 13.2 Å². The van der Waals surface area contributed by atoms with Crippen LogP contribution in [0.25, 0.3) is 0 Å². The molecule has 7 heteroatoms. The average molecular weight is 297 g/mol. The summed E-state index contributed by atoms with van der Waals surface area (Å²) < 4.78 is 26.5. The van der Waals surface area contributed by atoms with Gasteiger partial charge in [-0.05, 0) is 30.2 Å². The number of carbonyl (C=O) groups is 1. The summed E-state index contributed by atoms with van der Waals surface area (Å²) in [4.78, 5) is 11.5. The fourth-order valence-electron chi connectivity index (χ4n) is 2.19. The molecule has 0 radical (unpaired) electrons. The van der Waals surface area contributed by atoms with E-state index in [1.165, 1.54) is 4.31 Å². The van der Waals surface area contributed by atoms with E-state index in [0.717, 1.165) is 11.1 Å². The van der Waals surface area contributed by atoms with Crippen molar-refractivity contribution in [3.8, 4) is 0 Å². The van der Waals surface area contributed by atoms with Gasteiger partial charge in [-0.3, -0.25) is 4.79 Å². The second-order valence-electron chi connectivity index (χ2n) is 4.80. The Hall–Kier alpha value is -1.44. The van der Waals surface area contributed by atoms with Crippen LogP contribution in [0.2, 0.25) is 0 Å². The molecule has 110 valence electrons. The Bertz CT molecular complexity index is 613. The van der Waals surface area contributed by atoms with Crippen LogP contribution in [0.3, 0.4) is 0 Å². The molecule has 1 aliphatic heterocycles. The van der Waals surface area contributed by atoms with Crippen LogP contribution < -0.4 is 11.1 Å². The molecule has 0 aliphatic carbocycles. The number of carbonyl (C=O) groups excluding carboxylic acids is 1. The van der Waals surface area contributed by atoms with Gasteiger partial charge in [0, 0.05) is 32.6 Å². The molecule has 0 spiro atoms. The molecule has 1 saturated heterocycles. The molecule has 3 N–H and O–H groups in total. The van der Waals surface area contributed by atoms with E-state index in [4.69, 9.17) is 5.73 Å². The zero-order valence-electron chi connectivity index (χ0n) is 11.4. The zero-order chi connectivity index (χ0) is 14.8. The molecular formula is C13H19N3O3S. The Morgan fingerprint density at radius 3 is 2.75 bits per heavy atom. The van der Waals surface area contributed by atoms with Crippen molar-refractivity contribution >= 4 is 15.9 Å². The summed E-state index contributed by atoms with van der Waals surface area (Å²) in [6.07, 6.45) is 0.194. The Morgan fingerprint density at radius 1 is 1.35 bits per heavy atom. The third-order valence-electron chi connectivity index (χ3n) is 3.44. The number of rotatable bonds is 3. The quantitative estimate of drug-likeness (QED) is 0.819. The Balaban J connectivity index is 2.29. The molecule has 1 fully saturated rings. The number of sulfonamides is 1. The lowest BCUT2D eigenvalue weighted by molar-refractivity contribution is -0.120. The predicted octanol–water partition coefficient (Wildman–Crippen LogP) is -0.0357. The highest BCUT2D eigenvalue weighted by atomic mass is 32.2. The van der Waals surface area contributed by atoms with Crippen LogP contribution in [0.15, 0.2) is 23.1 Å². The Labute approximate surface area is 119 Å². The highest BCUT2D eigenvalue weighted by Crippen LogP contribution is 2.20. The van der Waals surface area contributed by atoms with Crippen LogP contribution in [0.1, 0.15) is 17.5 Å². The van der Waals surface area contributed by atoms with Crippen molar-refractivity contribution in [2.45, 2.75) is 24.8 Å². The van der Waals surface area contributed by atoms with Gasteiger partial charge >= 0.3 is 0 Å². The molecule has 20 heavy (non-hydrogen) atoms. The third-order valence-corrected chi connectivity index (χ3v) is 5.34. The third kappa shape index (κ3) is 3.00. The summed E-state index contributed by atoms with van der Waals surface area (Å²) in [6.45, 7) is 3.08. The number of nitrogens with two attached hydrogens (primary N) is 1. The van der Waals surface area contributed by atoms with Gasteiger partial charge in [-0.1, -0.05) is 6.07 Å². The maximum absolute atomic E-state index is 12.6. The minimum Gasteiger partial charge on any atom is -0.355 e. The molecule has 1 aromatic carbocycles. The lowest BCUT2D eigenvalue weighted by atomic mass is 10.1. The minimum absolute atomic E-state index is 0.114. The zero-order valence-corrected chi connectivity index (χ0v) is 12.2. The molecule has 1 aliphatic rings. The molecule has 0 bridgehead atoms. The standard InChI is InChI=1S/C13H19N3O3S/c1-10-8-12(3-2-11(10)9-14)20(18,19)16-6-4-13(17)15-5-7-16/h2-3,8H,4-7,9,14H2,1H3,(H,15,17). The van der Waals surface area contributed by atoms with Gasteiger partial charge in [0.15, 0.2) is 0 Å². The fourth-order valence-corrected chi connectivity index (χ4v) is 3.72. The number of hydrogen-bond donors (Lipinski definition) is 2. The molecule has 1 heterocycles. The van der Waals surface area contributed by atoms with Crippen LogP contribution >= 0.6 is 0 Å². The molecule has 0 unspecified atom stereocenters. The van der Waals surface area contributed by atoms with Crippen LogP contribution in [-0.2, 0) is 21.4 Å². The Kier molecular flexibility index (Phi) is 4.42. The van der Waals surface area contributed by atoms with Crippen molar-refractivity contribution in [1.29, 1.82) is 0 Å². The smallest absolute Gasteiger partial charge is 0.243 e. The predicted molar refractivity (Wildman–Crippen MR) is 75.5 cm³/mol. The summed E-state index contributed by atoms with van der Waals surface area (Å²) in [5.41, 5.74) is 7.37. The molecule has 1 amide bonds. The summed E-state index contributed by atoms with van der Waals surface area (Å²) in [7, 11) is -3.56. The molecule has 1 aromatic rings. The van der Waals surface area contributed by atoms with Crippen molar-refractivity contribution in [3.63, 3.8) is 0 Å². The maximum Gasteiger partial charge on any atom is 0.243 e. The highest BCUT2D eigenvalue weighted by Gasteiger charge is 2.26. The number of nitrogens with zero attached hydrogens (tertiary/aromatic N) is 1. The van der Waals surface area contributed by atoms with Crippen LogP contribution in [0.5, 0.6) is 0 Å². The highest BCUT2D eigenvalue weighted by molar-refractivity contribution is 7.89. The van der Waals surface area contributed by atoms with E-state index in [0.29, 0.717) is 19.6 Å². The first-order valence-electron chi connectivity index (χ1n) is 6.51. The molecule has 0 aromatic heterocycles. The molecule has 6 nitrogen and oxygen atoms in total. The van der Waals surface area contributed by atoms with Crippen LogP contribution in [0.4, 0.5) is 0 Å². The SMILES string of the molecule is Cc1cc(S(=O)(=O)N2CCNC(=O)CC2)ccc1CN. The summed E-state index contributed by atoms with van der Waals surface area (Å²) >= 11 is 0. The lowest BCUT2D eigenvalue weighted by Crippen LogP contribution is -2.34. The summed E-state index contributed by atoms with van der Waals surface area (Å²) in [6, 6.07) is 4.95. The Morgan fingerprint density at radius 2 is 2.10 bits per heavy atom. The van der Waals surface area contributed by atoms with E-state index < -0.39 is 10.0 Å². The van der Waals surface area contributed by atoms with E-state index >= 15 is 0 Å². The maximum atomic E-state index is 12.6. The second-order valence-corrected chi connectivity index (χ2v) is 6.73. The van der Waals surface area contributed by atoms with Gasteiger partial charge in [-0.15, -0.1) is 0 Å². The van der Waals surface area contributed by atoms with Gasteiger partial charge in [-0.25, -0.2) is 8.42 Å². The number of nitrogens with one attached hydrogen (secondary N) is 1. The second kappa shape index (κ2) is 5.90. The summed E-state index contributed by atoms with van der Waals surface area (Å²) in [5.74, 6) is -0.114.